The van der Waals surface area contributed by atoms with Crippen LogP contribution in [0, 0.1) is 11.8 Å². The Bertz CT molecular complexity index is 1080. The Hall–Kier alpha value is -3.72. The summed E-state index contributed by atoms with van der Waals surface area (Å²) in [6.45, 7) is 9.99. The zero-order valence-electron chi connectivity index (χ0n) is 16.2. The van der Waals surface area contributed by atoms with Crippen molar-refractivity contribution in [1.82, 2.24) is 19.9 Å². The van der Waals surface area contributed by atoms with Gasteiger partial charge in [0, 0.05) is 24.8 Å². The van der Waals surface area contributed by atoms with E-state index < -0.39 is 0 Å². The minimum atomic E-state index is 0.300. The van der Waals surface area contributed by atoms with Gasteiger partial charge in [0.25, 0.3) is 0 Å². The molecule has 29 heavy (non-hydrogen) atoms. The third kappa shape index (κ3) is 4.41. The van der Waals surface area contributed by atoms with Crippen LogP contribution in [-0.4, -0.2) is 45.6 Å². The third-order valence-electron chi connectivity index (χ3n) is 4.87. The summed E-state index contributed by atoms with van der Waals surface area (Å²) in [5, 5.41) is 4.47. The minimum Gasteiger partial charge on any atom is -0.481 e. The summed E-state index contributed by atoms with van der Waals surface area (Å²) in [4.78, 5) is 14.2. The highest BCUT2D eigenvalue weighted by Gasteiger charge is 2.23. The summed E-state index contributed by atoms with van der Waals surface area (Å²) in [6, 6.07) is 11.9. The molecule has 0 unspecified atom stereocenters. The second kappa shape index (κ2) is 8.53. The number of para-hydroxylation sites is 1. The fourth-order valence-electron chi connectivity index (χ4n) is 3.35. The molecule has 0 spiro atoms. The van der Waals surface area contributed by atoms with Gasteiger partial charge in [-0.05, 0) is 36.6 Å². The van der Waals surface area contributed by atoms with Crippen LogP contribution in [0.1, 0.15) is 12.1 Å². The van der Waals surface area contributed by atoms with Crippen LogP contribution >= 0.6 is 0 Å². The number of ether oxygens (including phenoxy) is 1. The molecule has 6 heteroatoms. The maximum Gasteiger partial charge on any atom is 0.149 e. The van der Waals surface area contributed by atoms with Crippen LogP contribution in [0.3, 0.4) is 0 Å². The van der Waals surface area contributed by atoms with Crippen LogP contribution in [-0.2, 0) is 0 Å². The van der Waals surface area contributed by atoms with Crippen molar-refractivity contribution >= 4 is 16.9 Å². The van der Waals surface area contributed by atoms with Crippen molar-refractivity contribution in [2.24, 2.45) is 0 Å². The fourth-order valence-corrected chi connectivity index (χ4v) is 3.35. The second-order valence-electron chi connectivity index (χ2n) is 6.84. The summed E-state index contributed by atoms with van der Waals surface area (Å²) in [7, 11) is 0. The van der Waals surface area contributed by atoms with Gasteiger partial charge in [0.05, 0.1) is 11.1 Å². The van der Waals surface area contributed by atoms with Gasteiger partial charge in [-0.1, -0.05) is 37.3 Å². The first kappa shape index (κ1) is 18.6. The molecule has 2 N–H and O–H groups in total. The summed E-state index contributed by atoms with van der Waals surface area (Å²) < 4.78 is 5.61. The van der Waals surface area contributed by atoms with Gasteiger partial charge in [0.1, 0.15) is 30.1 Å². The number of fused-ring (bicyclic) bond motifs is 1. The maximum absolute atomic E-state index is 5.61. The van der Waals surface area contributed by atoms with Crippen molar-refractivity contribution in [2.45, 2.75) is 12.5 Å². The molecule has 6 nitrogen and oxygen atoms in total. The van der Waals surface area contributed by atoms with E-state index >= 15 is 0 Å². The first-order valence-electron chi connectivity index (χ1n) is 9.56. The molecule has 0 amide bonds. The SMILES string of the molecule is C=CC(=C)N1CC[C@@H](Nc2ncnc3[nH]c(C#CCOc4ccccc4)cc23)C1. The Morgan fingerprint density at radius 2 is 2.21 bits per heavy atom. The van der Waals surface area contributed by atoms with Crippen LogP contribution in [0.2, 0.25) is 0 Å². The van der Waals surface area contributed by atoms with Crippen molar-refractivity contribution in [2.75, 3.05) is 25.0 Å². The lowest BCUT2D eigenvalue weighted by Crippen LogP contribution is -2.25. The first-order chi connectivity index (χ1) is 14.2. The van der Waals surface area contributed by atoms with Crippen LogP contribution in [0.4, 0.5) is 5.82 Å². The van der Waals surface area contributed by atoms with Crippen molar-refractivity contribution in [3.63, 3.8) is 0 Å². The van der Waals surface area contributed by atoms with Gasteiger partial charge in [-0.25, -0.2) is 9.97 Å². The molecule has 3 heterocycles. The lowest BCUT2D eigenvalue weighted by Gasteiger charge is -2.19. The molecule has 2 aromatic heterocycles. The normalized spacial score (nSPS) is 15.6. The van der Waals surface area contributed by atoms with Gasteiger partial charge < -0.3 is 19.9 Å². The van der Waals surface area contributed by atoms with Crippen LogP contribution in [0.25, 0.3) is 11.0 Å². The van der Waals surface area contributed by atoms with E-state index in [2.05, 4.69) is 50.2 Å². The highest BCUT2D eigenvalue weighted by atomic mass is 16.5. The number of anilines is 1. The Kier molecular flexibility index (Phi) is 5.48. The minimum absolute atomic E-state index is 0.300. The quantitative estimate of drug-likeness (QED) is 0.502. The van der Waals surface area contributed by atoms with Gasteiger partial charge in [-0.15, -0.1) is 0 Å². The molecule has 0 saturated carbocycles. The number of allylic oxidation sites excluding steroid dienone is 1. The number of hydrogen-bond donors (Lipinski definition) is 2. The van der Waals surface area contributed by atoms with E-state index in [9.17, 15) is 0 Å². The maximum atomic E-state index is 5.61. The summed E-state index contributed by atoms with van der Waals surface area (Å²) in [5.41, 5.74) is 2.51. The lowest BCUT2D eigenvalue weighted by molar-refractivity contribution is 0.370. The Labute approximate surface area is 170 Å². The number of likely N-dealkylation sites (tertiary alicyclic amines) is 1. The number of aromatic nitrogens is 3. The summed E-state index contributed by atoms with van der Waals surface area (Å²) in [6.07, 6.45) is 4.38. The van der Waals surface area contributed by atoms with Gasteiger partial charge in [-0.3, -0.25) is 0 Å². The zero-order valence-corrected chi connectivity index (χ0v) is 16.2. The fraction of sp³-hybridized carbons (Fsp3) is 0.217. The Morgan fingerprint density at radius 3 is 3.03 bits per heavy atom. The van der Waals surface area contributed by atoms with Crippen LogP contribution in [0.15, 0.2) is 67.7 Å². The highest BCUT2D eigenvalue weighted by molar-refractivity contribution is 5.88. The average molecular weight is 385 g/mol. The molecule has 4 rings (SSSR count). The van der Waals surface area contributed by atoms with E-state index in [4.69, 9.17) is 4.74 Å². The standard InChI is InChI=1S/C23H23N5O/c1-3-17(2)28-12-11-19(15-28)27-23-21-14-18(26-22(21)24-16-25-23)8-7-13-29-20-9-5-4-6-10-20/h3-6,9-10,14,16,19H,1-2,11-13,15H2,(H2,24,25,26,27)/t19-/m1/s1. The molecule has 1 aliphatic heterocycles. The molecular formula is C23H23N5O. The molecule has 1 aromatic carbocycles. The molecule has 0 bridgehead atoms. The highest BCUT2D eigenvalue weighted by Crippen LogP contribution is 2.23. The molecule has 0 aliphatic carbocycles. The summed E-state index contributed by atoms with van der Waals surface area (Å²) >= 11 is 0. The number of nitrogens with zero attached hydrogens (tertiary/aromatic N) is 3. The number of H-pyrrole nitrogens is 1. The molecular weight excluding hydrogens is 362 g/mol. The monoisotopic (exact) mass is 385 g/mol. The van der Waals surface area contributed by atoms with E-state index in [1.807, 2.05) is 36.4 Å². The second-order valence-corrected chi connectivity index (χ2v) is 6.84. The van der Waals surface area contributed by atoms with E-state index in [-0.39, 0.29) is 0 Å². The van der Waals surface area contributed by atoms with Gasteiger partial charge in [0.2, 0.25) is 0 Å². The van der Waals surface area contributed by atoms with Gasteiger partial charge in [0.15, 0.2) is 0 Å². The molecule has 1 fully saturated rings. The Balaban J connectivity index is 1.43. The molecule has 1 atom stereocenters. The predicted molar refractivity (Wildman–Crippen MR) is 116 cm³/mol. The van der Waals surface area contributed by atoms with Crippen molar-refractivity contribution in [3.05, 3.63) is 73.4 Å². The largest absolute Gasteiger partial charge is 0.481 e. The number of hydrogen-bond acceptors (Lipinski definition) is 5. The molecule has 1 aliphatic rings. The number of rotatable bonds is 6. The predicted octanol–water partition coefficient (Wildman–Crippen LogP) is 3.57. The lowest BCUT2D eigenvalue weighted by atomic mass is 10.2. The van der Waals surface area contributed by atoms with Gasteiger partial charge >= 0.3 is 0 Å². The van der Waals surface area contributed by atoms with Crippen LogP contribution < -0.4 is 10.1 Å². The zero-order chi connectivity index (χ0) is 20.1. The molecule has 146 valence electrons. The van der Waals surface area contributed by atoms with Crippen molar-refractivity contribution < 1.29 is 4.74 Å². The van der Waals surface area contributed by atoms with Crippen molar-refractivity contribution in [3.8, 4) is 17.6 Å². The van der Waals surface area contributed by atoms with E-state index in [0.717, 1.165) is 53.5 Å². The van der Waals surface area contributed by atoms with Crippen LogP contribution in [0.5, 0.6) is 5.75 Å². The van der Waals surface area contributed by atoms with E-state index in [0.29, 0.717) is 12.6 Å². The molecule has 0 radical (unpaired) electrons. The third-order valence-corrected chi connectivity index (χ3v) is 4.87. The summed E-state index contributed by atoms with van der Waals surface area (Å²) in [5.74, 6) is 7.75. The number of aromatic amines is 1. The van der Waals surface area contributed by atoms with Crippen molar-refractivity contribution in [1.29, 1.82) is 0 Å². The number of benzene rings is 1. The molecule has 3 aromatic rings. The Morgan fingerprint density at radius 1 is 1.34 bits per heavy atom. The smallest absolute Gasteiger partial charge is 0.149 e. The van der Waals surface area contributed by atoms with Gasteiger partial charge in [-0.2, -0.15) is 0 Å². The average Bonchev–Trinajstić information content (AvgIpc) is 3.39. The molecule has 1 saturated heterocycles. The topological polar surface area (TPSA) is 66.1 Å². The first-order valence-corrected chi connectivity index (χ1v) is 9.56. The van der Waals surface area contributed by atoms with E-state index in [1.54, 1.807) is 12.4 Å². The van der Waals surface area contributed by atoms with E-state index in [1.165, 1.54) is 0 Å². The number of nitrogens with one attached hydrogen (secondary N) is 2.